The summed E-state index contributed by atoms with van der Waals surface area (Å²) in [6.45, 7) is 5.09. The Bertz CT molecular complexity index is 1150. The van der Waals surface area contributed by atoms with Gasteiger partial charge in [0.25, 0.3) is 0 Å². The number of para-hydroxylation sites is 2. The number of nitrogens with zero attached hydrogens (tertiary/aromatic N) is 1. The summed E-state index contributed by atoms with van der Waals surface area (Å²) in [5.74, 6) is 0.798. The Morgan fingerprint density at radius 2 is 1.65 bits per heavy atom. The molecule has 4 heteroatoms. The monoisotopic (exact) mass is 410 g/mol. The van der Waals surface area contributed by atoms with Crippen molar-refractivity contribution in [2.45, 2.75) is 31.5 Å². The van der Waals surface area contributed by atoms with Crippen LogP contribution in [0.5, 0.6) is 5.75 Å². The molecule has 0 aromatic heterocycles. The van der Waals surface area contributed by atoms with Crippen LogP contribution in [0.25, 0.3) is 6.08 Å². The second-order valence-electron chi connectivity index (χ2n) is 8.66. The van der Waals surface area contributed by atoms with E-state index in [1.165, 1.54) is 5.56 Å². The van der Waals surface area contributed by atoms with E-state index in [0.29, 0.717) is 6.54 Å². The highest BCUT2D eigenvalue weighted by Crippen LogP contribution is 2.54. The molecule has 2 aliphatic heterocycles. The van der Waals surface area contributed by atoms with Gasteiger partial charge in [-0.15, -0.1) is 0 Å². The number of rotatable bonds is 4. The van der Waals surface area contributed by atoms with Gasteiger partial charge in [-0.2, -0.15) is 0 Å². The van der Waals surface area contributed by atoms with Crippen LogP contribution < -0.4 is 15.0 Å². The average Bonchev–Trinajstić information content (AvgIpc) is 2.97. The van der Waals surface area contributed by atoms with Gasteiger partial charge in [0.15, 0.2) is 0 Å². The summed E-state index contributed by atoms with van der Waals surface area (Å²) in [5, 5.41) is 3.06. The van der Waals surface area contributed by atoms with E-state index < -0.39 is 5.72 Å². The lowest BCUT2D eigenvalue weighted by Gasteiger charge is -2.46. The molecular weight excluding hydrogens is 384 g/mol. The van der Waals surface area contributed by atoms with Crippen molar-refractivity contribution in [2.75, 3.05) is 11.4 Å². The first-order valence-electron chi connectivity index (χ1n) is 10.7. The largest absolute Gasteiger partial charge is 0.463 e. The van der Waals surface area contributed by atoms with Crippen LogP contribution in [-0.4, -0.2) is 18.2 Å². The van der Waals surface area contributed by atoms with Gasteiger partial charge in [0.1, 0.15) is 12.3 Å². The second kappa shape index (κ2) is 7.31. The van der Waals surface area contributed by atoms with Gasteiger partial charge in [-0.1, -0.05) is 66.7 Å². The molecule has 2 aliphatic rings. The zero-order valence-electron chi connectivity index (χ0n) is 17.8. The lowest BCUT2D eigenvalue weighted by molar-refractivity contribution is -0.120. The van der Waals surface area contributed by atoms with Crippen LogP contribution in [0.1, 0.15) is 30.5 Å². The molecule has 1 N–H and O–H groups in total. The van der Waals surface area contributed by atoms with Crippen LogP contribution in [0.2, 0.25) is 0 Å². The lowest BCUT2D eigenvalue weighted by Crippen LogP contribution is -2.61. The van der Waals surface area contributed by atoms with Crippen LogP contribution in [-0.2, 0) is 16.8 Å². The van der Waals surface area contributed by atoms with Crippen molar-refractivity contribution in [1.29, 1.82) is 0 Å². The molecule has 5 rings (SSSR count). The number of carbonyl (C=O) groups is 1. The molecule has 31 heavy (non-hydrogen) atoms. The fourth-order valence-electron chi connectivity index (χ4n) is 4.74. The van der Waals surface area contributed by atoms with Gasteiger partial charge in [-0.3, -0.25) is 4.79 Å². The predicted molar refractivity (Wildman–Crippen MR) is 124 cm³/mol. The minimum absolute atomic E-state index is 0.0356. The SMILES string of the molecule is CC1(C)c2ccccc2N(CC(=O)NCc2ccccc2)[C@]12C=Cc1ccccc1O2. The molecule has 156 valence electrons. The summed E-state index contributed by atoms with van der Waals surface area (Å²) in [7, 11) is 0. The topological polar surface area (TPSA) is 41.6 Å². The summed E-state index contributed by atoms with van der Waals surface area (Å²) < 4.78 is 6.71. The Labute approximate surface area is 183 Å². The Hall–Kier alpha value is -3.53. The van der Waals surface area contributed by atoms with Gasteiger partial charge < -0.3 is 15.0 Å². The molecule has 0 saturated heterocycles. The van der Waals surface area contributed by atoms with Crippen molar-refractivity contribution in [3.63, 3.8) is 0 Å². The van der Waals surface area contributed by atoms with Gasteiger partial charge in [-0.05, 0) is 49.3 Å². The lowest BCUT2D eigenvalue weighted by atomic mass is 9.76. The number of amides is 1. The molecule has 0 bridgehead atoms. The summed E-state index contributed by atoms with van der Waals surface area (Å²) in [6, 6.07) is 26.3. The van der Waals surface area contributed by atoms with Crippen molar-refractivity contribution in [3.05, 3.63) is 102 Å². The molecule has 3 aromatic rings. The van der Waals surface area contributed by atoms with Gasteiger partial charge in [0.2, 0.25) is 11.6 Å². The molecule has 0 unspecified atom stereocenters. The first kappa shape index (κ1) is 19.4. The molecule has 0 fully saturated rings. The van der Waals surface area contributed by atoms with Gasteiger partial charge in [-0.25, -0.2) is 0 Å². The van der Waals surface area contributed by atoms with E-state index >= 15 is 0 Å². The van der Waals surface area contributed by atoms with E-state index in [0.717, 1.165) is 22.6 Å². The Morgan fingerprint density at radius 3 is 2.48 bits per heavy atom. The fourth-order valence-corrected chi connectivity index (χ4v) is 4.74. The summed E-state index contributed by atoms with van der Waals surface area (Å²) >= 11 is 0. The first-order chi connectivity index (χ1) is 15.0. The van der Waals surface area contributed by atoms with Crippen LogP contribution in [0, 0.1) is 0 Å². The van der Waals surface area contributed by atoms with E-state index in [1.54, 1.807) is 0 Å². The zero-order chi connectivity index (χ0) is 21.5. The Morgan fingerprint density at radius 1 is 0.935 bits per heavy atom. The van der Waals surface area contributed by atoms with Crippen molar-refractivity contribution in [1.82, 2.24) is 5.32 Å². The minimum atomic E-state index is -0.783. The molecule has 0 saturated carbocycles. The van der Waals surface area contributed by atoms with E-state index in [-0.39, 0.29) is 17.9 Å². The number of anilines is 1. The van der Waals surface area contributed by atoms with Gasteiger partial charge in [0.05, 0.1) is 5.41 Å². The maximum Gasteiger partial charge on any atom is 0.239 e. The molecule has 1 atom stereocenters. The first-order valence-corrected chi connectivity index (χ1v) is 10.7. The summed E-state index contributed by atoms with van der Waals surface area (Å²) in [5.41, 5.74) is 3.20. The van der Waals surface area contributed by atoms with Crippen LogP contribution in [0.4, 0.5) is 5.69 Å². The molecule has 3 aromatic carbocycles. The minimum Gasteiger partial charge on any atom is -0.463 e. The van der Waals surface area contributed by atoms with E-state index in [4.69, 9.17) is 4.74 Å². The molecule has 1 amide bonds. The normalized spacial score (nSPS) is 20.1. The van der Waals surface area contributed by atoms with Crippen molar-refractivity contribution >= 4 is 17.7 Å². The second-order valence-corrected chi connectivity index (χ2v) is 8.66. The number of benzene rings is 3. The van der Waals surface area contributed by atoms with E-state index in [2.05, 4.69) is 48.3 Å². The van der Waals surface area contributed by atoms with Crippen LogP contribution in [0.15, 0.2) is 84.9 Å². The molecule has 0 aliphatic carbocycles. The zero-order valence-corrected chi connectivity index (χ0v) is 17.8. The smallest absolute Gasteiger partial charge is 0.239 e. The highest BCUT2D eigenvalue weighted by molar-refractivity contribution is 5.84. The van der Waals surface area contributed by atoms with Crippen LogP contribution in [0.3, 0.4) is 0 Å². The Balaban J connectivity index is 1.49. The number of hydrogen-bond acceptors (Lipinski definition) is 3. The van der Waals surface area contributed by atoms with Gasteiger partial charge in [0, 0.05) is 17.8 Å². The quantitative estimate of drug-likeness (QED) is 0.665. The van der Waals surface area contributed by atoms with E-state index in [1.807, 2.05) is 66.7 Å². The number of hydrogen-bond donors (Lipinski definition) is 1. The van der Waals surface area contributed by atoms with Crippen LogP contribution >= 0.6 is 0 Å². The molecule has 4 nitrogen and oxygen atoms in total. The maximum absolute atomic E-state index is 13.0. The fraction of sp³-hybridized carbons (Fsp3) is 0.222. The van der Waals surface area contributed by atoms with Crippen molar-refractivity contribution < 1.29 is 9.53 Å². The average molecular weight is 411 g/mol. The van der Waals surface area contributed by atoms with Crippen molar-refractivity contribution in [2.24, 2.45) is 0 Å². The Kier molecular flexibility index (Phi) is 4.58. The number of nitrogens with one attached hydrogen (secondary N) is 1. The number of carbonyl (C=O) groups excluding carboxylic acids is 1. The maximum atomic E-state index is 13.0. The number of ether oxygens (including phenoxy) is 1. The summed E-state index contributed by atoms with van der Waals surface area (Å²) in [6.07, 6.45) is 4.22. The van der Waals surface area contributed by atoms with E-state index in [9.17, 15) is 4.79 Å². The highest BCUT2D eigenvalue weighted by atomic mass is 16.5. The molecule has 2 heterocycles. The third kappa shape index (κ3) is 3.10. The number of fused-ring (bicyclic) bond motifs is 2. The predicted octanol–water partition coefficient (Wildman–Crippen LogP) is 4.90. The molecule has 1 spiro atoms. The third-order valence-corrected chi connectivity index (χ3v) is 6.47. The highest BCUT2D eigenvalue weighted by Gasteiger charge is 2.59. The third-order valence-electron chi connectivity index (χ3n) is 6.47. The molecule has 0 radical (unpaired) electrons. The summed E-state index contributed by atoms with van der Waals surface area (Å²) in [4.78, 5) is 15.1. The van der Waals surface area contributed by atoms with Gasteiger partial charge >= 0.3 is 0 Å². The standard InChI is InChI=1S/C27H26N2O2/c1-26(2)22-13-7-8-14-23(22)29(19-25(30)28-18-20-10-4-3-5-11-20)27(26)17-16-21-12-6-9-15-24(21)31-27/h3-17H,18-19H2,1-2H3,(H,28,30)/t27-/m0/s1. The molecular formula is C27H26N2O2. The van der Waals surface area contributed by atoms with Crippen molar-refractivity contribution in [3.8, 4) is 5.75 Å².